The molecule has 4 heterocycles. The van der Waals surface area contributed by atoms with Crippen LogP contribution in [-0.4, -0.2) is 29.9 Å². The van der Waals surface area contributed by atoms with Crippen LogP contribution in [0.4, 0.5) is 0 Å². The van der Waals surface area contributed by atoms with E-state index in [4.69, 9.17) is 0 Å². The number of nitrogens with zero attached hydrogens (tertiary/aromatic N) is 6. The summed E-state index contributed by atoms with van der Waals surface area (Å²) in [6.45, 7) is 3.73. The van der Waals surface area contributed by atoms with Crippen molar-refractivity contribution in [2.75, 3.05) is 0 Å². The molecule has 0 aliphatic rings. The molecule has 0 aliphatic carbocycles. The predicted octanol–water partition coefficient (Wildman–Crippen LogP) is 3.28. The molecule has 0 aromatic carbocycles. The topological polar surface area (TPSA) is 77.3 Å². The minimum atomic E-state index is 0.752. The van der Waals surface area contributed by atoms with Crippen molar-refractivity contribution >= 4 is 32.3 Å². The second kappa shape index (κ2) is 5.15. The fourth-order valence-electron chi connectivity index (χ4n) is 1.89. The van der Waals surface area contributed by atoms with Crippen LogP contribution in [0.15, 0.2) is 24.8 Å². The summed E-state index contributed by atoms with van der Waals surface area (Å²) < 4.78 is 0. The van der Waals surface area contributed by atoms with E-state index in [1.165, 1.54) is 0 Å². The average molecular weight is 326 g/mol. The summed E-state index contributed by atoms with van der Waals surface area (Å²) in [5, 5.41) is 1.78. The van der Waals surface area contributed by atoms with Crippen LogP contribution in [-0.2, 0) is 0 Å². The second-order valence-corrected chi connectivity index (χ2v) is 6.64. The quantitative estimate of drug-likeness (QED) is 0.562. The fraction of sp³-hybridized carbons (Fsp3) is 0.143. The number of thiazole rings is 2. The molecule has 0 aliphatic heterocycles. The molecule has 0 N–H and O–H groups in total. The molecule has 8 heteroatoms. The molecule has 4 rings (SSSR count). The van der Waals surface area contributed by atoms with Crippen molar-refractivity contribution in [2.24, 2.45) is 0 Å². The Bertz CT molecular complexity index is 833. The first-order chi connectivity index (χ1) is 10.7. The van der Waals surface area contributed by atoms with E-state index >= 15 is 0 Å². The summed E-state index contributed by atoms with van der Waals surface area (Å²) in [7, 11) is 0. The van der Waals surface area contributed by atoms with Crippen LogP contribution in [0.2, 0.25) is 0 Å². The van der Waals surface area contributed by atoms with Gasteiger partial charge in [0.1, 0.15) is 21.7 Å². The number of hydrogen-bond acceptors (Lipinski definition) is 8. The summed E-state index contributed by atoms with van der Waals surface area (Å²) in [6.07, 6.45) is 7.16. The third-order valence-corrected chi connectivity index (χ3v) is 5.16. The summed E-state index contributed by atoms with van der Waals surface area (Å²) in [5.41, 5.74) is 1.84. The Morgan fingerprint density at radius 1 is 0.636 bits per heavy atom. The van der Waals surface area contributed by atoms with Crippen LogP contribution in [0.3, 0.4) is 0 Å². The lowest BCUT2D eigenvalue weighted by atomic mass is 10.3. The number of hydrogen-bond donors (Lipinski definition) is 0. The zero-order chi connectivity index (χ0) is 15.1. The van der Waals surface area contributed by atoms with E-state index in [1.54, 1.807) is 47.5 Å². The Morgan fingerprint density at radius 2 is 1.00 bits per heavy atom. The Kier molecular flexibility index (Phi) is 3.12. The lowest BCUT2D eigenvalue weighted by Crippen LogP contribution is -1.87. The third-order valence-electron chi connectivity index (χ3n) is 3.03. The molecule has 0 amide bonds. The van der Waals surface area contributed by atoms with E-state index in [-0.39, 0.29) is 0 Å². The molecule has 0 atom stereocenters. The molecule has 6 nitrogen and oxygen atoms in total. The Hall–Kier alpha value is -2.32. The average Bonchev–Trinajstić information content (AvgIpc) is 3.07. The van der Waals surface area contributed by atoms with Gasteiger partial charge < -0.3 is 0 Å². The highest BCUT2D eigenvalue weighted by Gasteiger charge is 2.13. The van der Waals surface area contributed by atoms with Gasteiger partial charge >= 0.3 is 0 Å². The first-order valence-electron chi connectivity index (χ1n) is 6.54. The highest BCUT2D eigenvalue weighted by molar-refractivity contribution is 7.29. The van der Waals surface area contributed by atoms with Crippen molar-refractivity contribution in [3.63, 3.8) is 0 Å². The summed E-state index contributed by atoms with van der Waals surface area (Å²) in [6, 6.07) is 0. The fourth-order valence-corrected chi connectivity index (χ4v) is 3.89. The maximum absolute atomic E-state index is 4.63. The van der Waals surface area contributed by atoms with E-state index in [9.17, 15) is 0 Å². The summed E-state index contributed by atoms with van der Waals surface area (Å²) >= 11 is 3.08. The number of aromatic nitrogens is 6. The van der Waals surface area contributed by atoms with Crippen LogP contribution in [0.1, 0.15) is 11.6 Å². The smallest absolute Gasteiger partial charge is 0.155 e. The molecule has 0 saturated carbocycles. The van der Waals surface area contributed by atoms with Crippen LogP contribution in [0.25, 0.3) is 30.8 Å². The van der Waals surface area contributed by atoms with E-state index in [2.05, 4.69) is 29.9 Å². The Balaban J connectivity index is 1.73. The van der Waals surface area contributed by atoms with Gasteiger partial charge in [-0.05, 0) is 13.8 Å². The van der Waals surface area contributed by atoms with Gasteiger partial charge in [-0.25, -0.2) is 29.9 Å². The highest BCUT2D eigenvalue weighted by atomic mass is 32.1. The molecule has 22 heavy (non-hydrogen) atoms. The van der Waals surface area contributed by atoms with Gasteiger partial charge in [0.25, 0.3) is 0 Å². The van der Waals surface area contributed by atoms with E-state index < -0.39 is 0 Å². The molecule has 4 aromatic rings. The first-order valence-corrected chi connectivity index (χ1v) is 8.18. The largest absolute Gasteiger partial charge is 0.241 e. The lowest BCUT2D eigenvalue weighted by Gasteiger charge is -1.95. The zero-order valence-corrected chi connectivity index (χ0v) is 13.4. The lowest BCUT2D eigenvalue weighted by molar-refractivity contribution is 1.05. The molecule has 4 aromatic heterocycles. The van der Waals surface area contributed by atoms with Gasteiger partial charge in [0.05, 0.1) is 0 Å². The van der Waals surface area contributed by atoms with E-state index in [1.807, 2.05) is 13.8 Å². The summed E-state index contributed by atoms with van der Waals surface area (Å²) in [5.74, 6) is 1.50. The molecule has 0 fully saturated rings. The standard InChI is InChI=1S/C14H10N6S2/c1-7-15-3-9(4-16-7)11-19-13-14(21-11)20-12(22-13)10-5-17-8(2)18-6-10/h3-6H,1-2H3. The SMILES string of the molecule is Cc1ncc(-c2nc3sc(-c4cnc(C)nc4)nc3s2)cn1. The molecule has 0 spiro atoms. The van der Waals surface area contributed by atoms with Gasteiger partial charge in [0.15, 0.2) is 9.66 Å². The van der Waals surface area contributed by atoms with Crippen molar-refractivity contribution in [3.05, 3.63) is 36.4 Å². The van der Waals surface area contributed by atoms with E-state index in [0.717, 1.165) is 42.5 Å². The first kappa shape index (κ1) is 13.4. The Morgan fingerprint density at radius 3 is 1.36 bits per heavy atom. The minimum Gasteiger partial charge on any atom is -0.241 e. The molecular formula is C14H10N6S2. The normalized spacial score (nSPS) is 11.2. The number of rotatable bonds is 2. The molecule has 0 unspecified atom stereocenters. The molecule has 108 valence electrons. The second-order valence-electron chi connectivity index (χ2n) is 4.69. The number of fused-ring (bicyclic) bond motifs is 1. The monoisotopic (exact) mass is 326 g/mol. The van der Waals surface area contributed by atoms with Gasteiger partial charge in [-0.15, -0.1) is 0 Å². The summed E-state index contributed by atoms with van der Waals surface area (Å²) in [4.78, 5) is 27.9. The predicted molar refractivity (Wildman–Crippen MR) is 86.8 cm³/mol. The maximum atomic E-state index is 4.63. The van der Waals surface area contributed by atoms with Crippen LogP contribution < -0.4 is 0 Å². The zero-order valence-electron chi connectivity index (χ0n) is 11.8. The third kappa shape index (κ3) is 2.36. The van der Waals surface area contributed by atoms with Gasteiger partial charge in [-0.2, -0.15) is 0 Å². The molecule has 0 bridgehead atoms. The van der Waals surface area contributed by atoms with Crippen molar-refractivity contribution in [1.82, 2.24) is 29.9 Å². The van der Waals surface area contributed by atoms with Gasteiger partial charge in [0.2, 0.25) is 0 Å². The molecule has 0 saturated heterocycles. The van der Waals surface area contributed by atoms with Crippen LogP contribution >= 0.6 is 22.7 Å². The van der Waals surface area contributed by atoms with Gasteiger partial charge in [0, 0.05) is 35.9 Å². The van der Waals surface area contributed by atoms with Crippen LogP contribution in [0, 0.1) is 13.8 Å². The van der Waals surface area contributed by atoms with Crippen molar-refractivity contribution < 1.29 is 0 Å². The number of aryl methyl sites for hydroxylation is 2. The van der Waals surface area contributed by atoms with Gasteiger partial charge in [-0.1, -0.05) is 22.7 Å². The van der Waals surface area contributed by atoms with Crippen molar-refractivity contribution in [2.45, 2.75) is 13.8 Å². The maximum Gasteiger partial charge on any atom is 0.155 e. The molecule has 0 radical (unpaired) electrons. The minimum absolute atomic E-state index is 0.752. The Labute approximate surface area is 134 Å². The molecular weight excluding hydrogens is 316 g/mol. The highest BCUT2D eigenvalue weighted by Crippen LogP contribution is 2.35. The van der Waals surface area contributed by atoms with E-state index in [0.29, 0.717) is 0 Å². The van der Waals surface area contributed by atoms with Crippen LogP contribution in [0.5, 0.6) is 0 Å². The van der Waals surface area contributed by atoms with Crippen molar-refractivity contribution in [3.8, 4) is 21.1 Å². The van der Waals surface area contributed by atoms with Gasteiger partial charge in [-0.3, -0.25) is 0 Å². The van der Waals surface area contributed by atoms with Crippen molar-refractivity contribution in [1.29, 1.82) is 0 Å².